The van der Waals surface area contributed by atoms with E-state index in [0.29, 0.717) is 18.2 Å². The molecular weight excluding hydrogens is 252 g/mol. The van der Waals surface area contributed by atoms with E-state index in [4.69, 9.17) is 0 Å². The van der Waals surface area contributed by atoms with Crippen molar-refractivity contribution in [1.82, 2.24) is 9.97 Å². The molecule has 0 aliphatic carbocycles. The second-order valence-corrected chi connectivity index (χ2v) is 4.73. The Morgan fingerprint density at radius 2 is 2.33 bits per heavy atom. The third-order valence-corrected chi connectivity index (χ3v) is 3.26. The van der Waals surface area contributed by atoms with E-state index in [9.17, 15) is 10.1 Å². The van der Waals surface area contributed by atoms with Crippen LogP contribution in [-0.2, 0) is 0 Å². The average molecular weight is 264 g/mol. The van der Waals surface area contributed by atoms with Crippen LogP contribution in [0.5, 0.6) is 0 Å². The van der Waals surface area contributed by atoms with Crippen LogP contribution in [0.15, 0.2) is 17.6 Å². The smallest absolute Gasteiger partial charge is 0.313 e. The number of nitro groups is 1. The van der Waals surface area contributed by atoms with Gasteiger partial charge < -0.3 is 5.32 Å². The SMILES string of the molecule is CCNc1ncc([N+](=O)[O-])c(-c2ccsc2C)n1. The van der Waals surface area contributed by atoms with Crippen molar-refractivity contribution in [2.45, 2.75) is 13.8 Å². The number of thiophene rings is 1. The lowest BCUT2D eigenvalue weighted by atomic mass is 10.1. The van der Waals surface area contributed by atoms with Crippen LogP contribution >= 0.6 is 11.3 Å². The zero-order valence-electron chi connectivity index (χ0n) is 10.0. The maximum Gasteiger partial charge on any atom is 0.313 e. The average Bonchev–Trinajstić information content (AvgIpc) is 2.75. The minimum Gasteiger partial charge on any atom is -0.354 e. The quantitative estimate of drug-likeness (QED) is 0.678. The third kappa shape index (κ3) is 2.30. The minimum atomic E-state index is -0.456. The first-order valence-corrected chi connectivity index (χ1v) is 6.31. The molecule has 6 nitrogen and oxygen atoms in total. The van der Waals surface area contributed by atoms with Gasteiger partial charge in [0.1, 0.15) is 6.20 Å². The van der Waals surface area contributed by atoms with Crippen molar-refractivity contribution >= 4 is 23.0 Å². The first kappa shape index (κ1) is 12.4. The highest BCUT2D eigenvalue weighted by Crippen LogP contribution is 2.32. The zero-order valence-corrected chi connectivity index (χ0v) is 10.8. The molecule has 0 saturated carbocycles. The summed E-state index contributed by atoms with van der Waals surface area (Å²) in [5, 5.41) is 15.9. The van der Waals surface area contributed by atoms with Gasteiger partial charge in [0.15, 0.2) is 5.69 Å². The number of nitrogens with one attached hydrogen (secondary N) is 1. The Hall–Kier alpha value is -2.02. The van der Waals surface area contributed by atoms with E-state index in [1.807, 2.05) is 25.3 Å². The third-order valence-electron chi connectivity index (χ3n) is 2.41. The fraction of sp³-hybridized carbons (Fsp3) is 0.273. The van der Waals surface area contributed by atoms with Crippen LogP contribution in [0.4, 0.5) is 11.6 Å². The van der Waals surface area contributed by atoms with Crippen molar-refractivity contribution in [3.63, 3.8) is 0 Å². The predicted octanol–water partition coefficient (Wildman–Crippen LogP) is 2.85. The highest BCUT2D eigenvalue weighted by Gasteiger charge is 2.20. The number of aryl methyl sites for hydroxylation is 1. The van der Waals surface area contributed by atoms with Gasteiger partial charge in [-0.3, -0.25) is 10.1 Å². The zero-order chi connectivity index (χ0) is 13.1. The Kier molecular flexibility index (Phi) is 3.52. The van der Waals surface area contributed by atoms with Gasteiger partial charge in [0.05, 0.1) is 4.92 Å². The molecule has 2 aromatic rings. The van der Waals surface area contributed by atoms with E-state index in [1.165, 1.54) is 17.5 Å². The molecule has 0 saturated heterocycles. The van der Waals surface area contributed by atoms with E-state index in [0.717, 1.165) is 10.4 Å². The van der Waals surface area contributed by atoms with E-state index in [-0.39, 0.29) is 5.69 Å². The monoisotopic (exact) mass is 264 g/mol. The molecule has 1 N–H and O–H groups in total. The normalized spacial score (nSPS) is 10.3. The second kappa shape index (κ2) is 5.09. The molecule has 18 heavy (non-hydrogen) atoms. The Bertz CT molecular complexity index is 582. The Labute approximate surface area is 108 Å². The van der Waals surface area contributed by atoms with E-state index >= 15 is 0 Å². The highest BCUT2D eigenvalue weighted by atomic mass is 32.1. The molecule has 0 aliphatic rings. The van der Waals surface area contributed by atoms with Crippen LogP contribution in [0.25, 0.3) is 11.3 Å². The number of nitrogens with zero attached hydrogens (tertiary/aromatic N) is 3. The first-order chi connectivity index (χ1) is 8.63. The molecule has 0 amide bonds. The molecule has 94 valence electrons. The maximum absolute atomic E-state index is 11.0. The molecule has 0 fully saturated rings. The number of aromatic nitrogens is 2. The summed E-state index contributed by atoms with van der Waals surface area (Å²) in [5.41, 5.74) is 1.08. The lowest BCUT2D eigenvalue weighted by Crippen LogP contribution is -2.04. The van der Waals surface area contributed by atoms with Crippen LogP contribution in [0.1, 0.15) is 11.8 Å². The van der Waals surface area contributed by atoms with Crippen molar-refractivity contribution in [3.05, 3.63) is 32.6 Å². The van der Waals surface area contributed by atoms with E-state index < -0.39 is 4.92 Å². The summed E-state index contributed by atoms with van der Waals surface area (Å²) in [7, 11) is 0. The summed E-state index contributed by atoms with van der Waals surface area (Å²) >= 11 is 1.54. The molecule has 7 heteroatoms. The van der Waals surface area contributed by atoms with Crippen LogP contribution in [-0.4, -0.2) is 21.4 Å². The fourth-order valence-corrected chi connectivity index (χ4v) is 2.28. The summed E-state index contributed by atoms with van der Waals surface area (Å²) in [6, 6.07) is 1.84. The Morgan fingerprint density at radius 3 is 2.89 bits per heavy atom. The van der Waals surface area contributed by atoms with Crippen LogP contribution in [0.3, 0.4) is 0 Å². The topological polar surface area (TPSA) is 81.0 Å². The molecule has 0 spiro atoms. The van der Waals surface area contributed by atoms with Crippen molar-refractivity contribution in [3.8, 4) is 11.3 Å². The minimum absolute atomic E-state index is 0.0712. The van der Waals surface area contributed by atoms with E-state index in [2.05, 4.69) is 15.3 Å². The van der Waals surface area contributed by atoms with Crippen LogP contribution < -0.4 is 5.32 Å². The predicted molar refractivity (Wildman–Crippen MR) is 70.9 cm³/mol. The lowest BCUT2D eigenvalue weighted by Gasteiger charge is -2.05. The maximum atomic E-state index is 11.0. The molecule has 2 aromatic heterocycles. The largest absolute Gasteiger partial charge is 0.354 e. The number of anilines is 1. The Morgan fingerprint density at radius 1 is 1.56 bits per heavy atom. The summed E-state index contributed by atoms with van der Waals surface area (Å²) < 4.78 is 0. The van der Waals surface area contributed by atoms with Gasteiger partial charge in [-0.15, -0.1) is 11.3 Å². The molecule has 2 rings (SSSR count). The van der Waals surface area contributed by atoms with Gasteiger partial charge >= 0.3 is 5.69 Å². The summed E-state index contributed by atoms with van der Waals surface area (Å²) in [6.45, 7) is 4.50. The van der Waals surface area contributed by atoms with Gasteiger partial charge in [0.25, 0.3) is 0 Å². The number of rotatable bonds is 4. The van der Waals surface area contributed by atoms with Gasteiger partial charge in [-0.2, -0.15) is 0 Å². The number of hydrogen-bond donors (Lipinski definition) is 1. The van der Waals surface area contributed by atoms with Crippen molar-refractivity contribution in [2.75, 3.05) is 11.9 Å². The van der Waals surface area contributed by atoms with Gasteiger partial charge in [-0.1, -0.05) is 0 Å². The van der Waals surface area contributed by atoms with Gasteiger partial charge in [-0.05, 0) is 25.3 Å². The molecule has 0 unspecified atom stereocenters. The molecular formula is C11H12N4O2S. The van der Waals surface area contributed by atoms with Gasteiger partial charge in [0.2, 0.25) is 5.95 Å². The van der Waals surface area contributed by atoms with Crippen molar-refractivity contribution < 1.29 is 4.92 Å². The standard InChI is InChI=1S/C11H12N4O2S/c1-3-12-11-13-6-9(15(16)17)10(14-11)8-4-5-18-7(8)2/h4-6H,3H2,1-2H3,(H,12,13,14). The highest BCUT2D eigenvalue weighted by molar-refractivity contribution is 7.10. The molecule has 0 atom stereocenters. The summed E-state index contributed by atoms with van der Waals surface area (Å²) in [6.07, 6.45) is 1.25. The Balaban J connectivity index is 2.58. The van der Waals surface area contributed by atoms with Crippen molar-refractivity contribution in [1.29, 1.82) is 0 Å². The molecule has 0 radical (unpaired) electrons. The summed E-state index contributed by atoms with van der Waals surface area (Å²) in [5.74, 6) is 0.406. The fourth-order valence-electron chi connectivity index (χ4n) is 1.58. The molecule has 2 heterocycles. The van der Waals surface area contributed by atoms with Gasteiger partial charge in [-0.25, -0.2) is 9.97 Å². The lowest BCUT2D eigenvalue weighted by molar-refractivity contribution is -0.384. The molecule has 0 aromatic carbocycles. The molecule has 0 aliphatic heterocycles. The van der Waals surface area contributed by atoms with E-state index in [1.54, 1.807) is 0 Å². The second-order valence-electron chi connectivity index (χ2n) is 3.61. The van der Waals surface area contributed by atoms with Crippen molar-refractivity contribution in [2.24, 2.45) is 0 Å². The summed E-state index contributed by atoms with van der Waals surface area (Å²) in [4.78, 5) is 19.7. The van der Waals surface area contributed by atoms with Crippen LogP contribution in [0, 0.1) is 17.0 Å². The van der Waals surface area contributed by atoms with Gasteiger partial charge in [0, 0.05) is 17.0 Å². The number of hydrogen-bond acceptors (Lipinski definition) is 6. The first-order valence-electron chi connectivity index (χ1n) is 5.43. The molecule has 0 bridgehead atoms. The van der Waals surface area contributed by atoms with Crippen LogP contribution in [0.2, 0.25) is 0 Å².